The van der Waals surface area contributed by atoms with Gasteiger partial charge in [-0.25, -0.2) is 4.39 Å². The predicted octanol–water partition coefficient (Wildman–Crippen LogP) is 5.52. The first kappa shape index (κ1) is 21.6. The molecule has 30 heavy (non-hydrogen) atoms. The Morgan fingerprint density at radius 3 is 2.37 bits per heavy atom. The van der Waals surface area contributed by atoms with E-state index in [1.165, 1.54) is 30.3 Å². The molecule has 2 N–H and O–H groups in total. The maximum Gasteiger partial charge on any atom is 0.312 e. The van der Waals surface area contributed by atoms with Gasteiger partial charge in [0.2, 0.25) is 0 Å². The first-order chi connectivity index (χ1) is 14.3. The molecule has 154 valence electrons. The number of rotatable bonds is 7. The molecule has 3 aromatic rings. The third-order valence-electron chi connectivity index (χ3n) is 4.28. The average molecular weight is 448 g/mol. The molecule has 0 aliphatic carbocycles. The van der Waals surface area contributed by atoms with E-state index in [0.29, 0.717) is 16.3 Å². The van der Waals surface area contributed by atoms with Crippen LogP contribution in [0.25, 0.3) is 0 Å². The fourth-order valence-electron chi connectivity index (χ4n) is 2.75. The molecule has 3 rings (SSSR count). The van der Waals surface area contributed by atoms with Crippen molar-refractivity contribution in [2.24, 2.45) is 0 Å². The molecule has 1 amide bonds. The highest BCUT2D eigenvalue weighted by Crippen LogP contribution is 2.33. The largest absolute Gasteiger partial charge is 0.481 e. The van der Waals surface area contributed by atoms with Crippen LogP contribution >= 0.6 is 23.2 Å². The Balaban J connectivity index is 1.76. The van der Waals surface area contributed by atoms with Crippen LogP contribution in [0.5, 0.6) is 11.5 Å². The van der Waals surface area contributed by atoms with Crippen molar-refractivity contribution in [3.05, 3.63) is 93.7 Å². The molecule has 0 heterocycles. The molecular weight excluding hydrogens is 432 g/mol. The van der Waals surface area contributed by atoms with E-state index in [1.54, 1.807) is 36.4 Å². The second-order valence-corrected chi connectivity index (χ2v) is 7.17. The summed E-state index contributed by atoms with van der Waals surface area (Å²) >= 11 is 12.0. The SMILES string of the molecule is O=C(NCC(C(=O)O)c1ccc(F)cc1)c1ccccc1Oc1ccc(Cl)cc1Cl. The highest BCUT2D eigenvalue weighted by atomic mass is 35.5. The number of benzene rings is 3. The number of carboxylic acids is 1. The van der Waals surface area contributed by atoms with E-state index < -0.39 is 23.6 Å². The molecule has 1 atom stereocenters. The summed E-state index contributed by atoms with van der Waals surface area (Å²) in [4.78, 5) is 24.3. The second kappa shape index (κ2) is 9.61. The van der Waals surface area contributed by atoms with Gasteiger partial charge in [-0.15, -0.1) is 0 Å². The van der Waals surface area contributed by atoms with Gasteiger partial charge in [-0.2, -0.15) is 0 Å². The van der Waals surface area contributed by atoms with Crippen molar-refractivity contribution in [1.29, 1.82) is 0 Å². The fraction of sp³-hybridized carbons (Fsp3) is 0.0909. The molecular formula is C22H16Cl2FNO4. The summed E-state index contributed by atoms with van der Waals surface area (Å²) in [5.74, 6) is -2.61. The normalized spacial score (nSPS) is 11.6. The van der Waals surface area contributed by atoms with Gasteiger partial charge in [0.1, 0.15) is 17.3 Å². The topological polar surface area (TPSA) is 75.6 Å². The number of ether oxygens (including phenoxy) is 1. The van der Waals surface area contributed by atoms with Crippen molar-refractivity contribution in [1.82, 2.24) is 5.32 Å². The Morgan fingerprint density at radius 1 is 1.00 bits per heavy atom. The van der Waals surface area contributed by atoms with Crippen LogP contribution in [0.3, 0.4) is 0 Å². The quantitative estimate of drug-likeness (QED) is 0.499. The fourth-order valence-corrected chi connectivity index (χ4v) is 3.20. The lowest BCUT2D eigenvalue weighted by molar-refractivity contribution is -0.138. The number of carboxylic acid groups (broad SMARTS) is 1. The third kappa shape index (κ3) is 5.28. The molecule has 0 aliphatic rings. The van der Waals surface area contributed by atoms with E-state index in [9.17, 15) is 19.1 Å². The highest BCUT2D eigenvalue weighted by molar-refractivity contribution is 6.35. The monoisotopic (exact) mass is 447 g/mol. The molecule has 1 unspecified atom stereocenters. The van der Waals surface area contributed by atoms with Crippen LogP contribution in [-0.4, -0.2) is 23.5 Å². The minimum absolute atomic E-state index is 0.185. The molecule has 0 saturated heterocycles. The van der Waals surface area contributed by atoms with Gasteiger partial charge in [0.25, 0.3) is 5.91 Å². The van der Waals surface area contributed by atoms with Crippen molar-refractivity contribution < 1.29 is 23.8 Å². The van der Waals surface area contributed by atoms with Gasteiger partial charge in [0.05, 0.1) is 16.5 Å². The number of aliphatic carboxylic acids is 1. The number of para-hydroxylation sites is 1. The smallest absolute Gasteiger partial charge is 0.312 e. The Hall–Kier alpha value is -3.09. The van der Waals surface area contributed by atoms with Gasteiger partial charge < -0.3 is 15.2 Å². The summed E-state index contributed by atoms with van der Waals surface area (Å²) in [6, 6.07) is 16.3. The lowest BCUT2D eigenvalue weighted by Gasteiger charge is -2.16. The molecule has 3 aromatic carbocycles. The van der Waals surface area contributed by atoms with Crippen molar-refractivity contribution in [3.8, 4) is 11.5 Å². The van der Waals surface area contributed by atoms with Crippen LogP contribution in [0, 0.1) is 5.82 Å². The summed E-state index contributed by atoms with van der Waals surface area (Å²) in [5.41, 5.74) is 0.577. The van der Waals surface area contributed by atoms with Gasteiger partial charge >= 0.3 is 5.97 Å². The molecule has 0 saturated carbocycles. The van der Waals surface area contributed by atoms with Crippen LogP contribution in [0.4, 0.5) is 4.39 Å². The van der Waals surface area contributed by atoms with E-state index in [0.717, 1.165) is 0 Å². The second-order valence-electron chi connectivity index (χ2n) is 6.33. The minimum atomic E-state index is -1.14. The lowest BCUT2D eigenvalue weighted by atomic mass is 9.99. The van der Waals surface area contributed by atoms with Gasteiger partial charge in [-0.3, -0.25) is 9.59 Å². The zero-order valence-corrected chi connectivity index (χ0v) is 17.0. The van der Waals surface area contributed by atoms with Gasteiger partial charge in [0.15, 0.2) is 0 Å². The zero-order valence-electron chi connectivity index (χ0n) is 15.4. The molecule has 0 radical (unpaired) electrons. The standard InChI is InChI=1S/C22H16Cl2FNO4/c23-14-7-10-20(18(24)11-14)30-19-4-2-1-3-16(19)21(27)26-12-17(22(28)29)13-5-8-15(25)9-6-13/h1-11,17H,12H2,(H,26,27)(H,28,29). The summed E-state index contributed by atoms with van der Waals surface area (Å²) < 4.78 is 18.9. The summed E-state index contributed by atoms with van der Waals surface area (Å²) in [5, 5.41) is 12.8. The zero-order chi connectivity index (χ0) is 21.7. The number of carbonyl (C=O) groups excluding carboxylic acids is 1. The molecule has 8 heteroatoms. The van der Waals surface area contributed by atoms with E-state index in [-0.39, 0.29) is 22.9 Å². The van der Waals surface area contributed by atoms with E-state index in [1.807, 2.05) is 0 Å². The number of nitrogens with one attached hydrogen (secondary N) is 1. The lowest BCUT2D eigenvalue weighted by Crippen LogP contribution is -2.31. The summed E-state index contributed by atoms with van der Waals surface area (Å²) in [6.45, 7) is -0.185. The maximum atomic E-state index is 13.1. The van der Waals surface area contributed by atoms with Gasteiger partial charge in [0, 0.05) is 11.6 Å². The van der Waals surface area contributed by atoms with Gasteiger partial charge in [-0.05, 0) is 48.0 Å². The Morgan fingerprint density at radius 2 is 1.70 bits per heavy atom. The van der Waals surface area contributed by atoms with E-state index in [2.05, 4.69) is 5.32 Å². The first-order valence-electron chi connectivity index (χ1n) is 8.83. The Kier molecular flexibility index (Phi) is 6.92. The Labute approximate surface area is 182 Å². The van der Waals surface area contributed by atoms with Crippen LogP contribution < -0.4 is 10.1 Å². The maximum absolute atomic E-state index is 13.1. The number of hydrogen-bond donors (Lipinski definition) is 2. The van der Waals surface area contributed by atoms with Crippen molar-refractivity contribution in [2.75, 3.05) is 6.54 Å². The number of hydrogen-bond acceptors (Lipinski definition) is 3. The molecule has 0 bridgehead atoms. The Bertz CT molecular complexity index is 1070. The predicted molar refractivity (Wildman–Crippen MR) is 112 cm³/mol. The third-order valence-corrected chi connectivity index (χ3v) is 4.81. The van der Waals surface area contributed by atoms with Crippen LogP contribution in [0.1, 0.15) is 21.8 Å². The minimum Gasteiger partial charge on any atom is -0.481 e. The summed E-state index contributed by atoms with van der Waals surface area (Å²) in [6.07, 6.45) is 0. The highest BCUT2D eigenvalue weighted by Gasteiger charge is 2.22. The van der Waals surface area contributed by atoms with Crippen LogP contribution in [-0.2, 0) is 4.79 Å². The number of halogens is 3. The molecule has 0 fully saturated rings. The van der Waals surface area contributed by atoms with E-state index in [4.69, 9.17) is 27.9 Å². The van der Waals surface area contributed by atoms with Crippen molar-refractivity contribution in [2.45, 2.75) is 5.92 Å². The first-order valence-corrected chi connectivity index (χ1v) is 9.59. The number of carbonyl (C=O) groups is 2. The molecule has 5 nitrogen and oxygen atoms in total. The van der Waals surface area contributed by atoms with Crippen LogP contribution in [0.2, 0.25) is 10.0 Å². The van der Waals surface area contributed by atoms with Crippen molar-refractivity contribution >= 4 is 35.1 Å². The van der Waals surface area contributed by atoms with Gasteiger partial charge in [-0.1, -0.05) is 47.5 Å². The summed E-state index contributed by atoms with van der Waals surface area (Å²) in [7, 11) is 0. The molecule has 0 spiro atoms. The average Bonchev–Trinajstić information content (AvgIpc) is 2.71. The molecule has 0 aliphatic heterocycles. The van der Waals surface area contributed by atoms with E-state index >= 15 is 0 Å². The van der Waals surface area contributed by atoms with Crippen LogP contribution in [0.15, 0.2) is 66.7 Å². The molecule has 0 aromatic heterocycles. The van der Waals surface area contributed by atoms with Crippen molar-refractivity contribution in [3.63, 3.8) is 0 Å². The number of amides is 1.